The van der Waals surface area contributed by atoms with E-state index in [0.717, 1.165) is 12.8 Å². The SMILES string of the molecule is COCCC(C)(O)CNC1CCC1C(=O)O. The van der Waals surface area contributed by atoms with Gasteiger partial charge in [0.25, 0.3) is 0 Å². The molecule has 0 radical (unpaired) electrons. The summed E-state index contributed by atoms with van der Waals surface area (Å²) >= 11 is 0. The molecular formula is C11H21NO4. The van der Waals surface area contributed by atoms with Crippen LogP contribution in [0.4, 0.5) is 0 Å². The highest BCUT2D eigenvalue weighted by Gasteiger charge is 2.37. The zero-order valence-corrected chi connectivity index (χ0v) is 9.90. The fourth-order valence-corrected chi connectivity index (χ4v) is 1.80. The van der Waals surface area contributed by atoms with Crippen LogP contribution < -0.4 is 5.32 Å². The molecule has 0 heterocycles. The van der Waals surface area contributed by atoms with Crippen LogP contribution in [0.2, 0.25) is 0 Å². The van der Waals surface area contributed by atoms with Crippen molar-refractivity contribution < 1.29 is 19.7 Å². The van der Waals surface area contributed by atoms with Crippen molar-refractivity contribution in [2.24, 2.45) is 5.92 Å². The average molecular weight is 231 g/mol. The average Bonchev–Trinajstić information content (AvgIpc) is 2.12. The summed E-state index contributed by atoms with van der Waals surface area (Å²) in [5.41, 5.74) is -0.839. The van der Waals surface area contributed by atoms with E-state index in [1.807, 2.05) is 0 Å². The minimum absolute atomic E-state index is 0.00604. The van der Waals surface area contributed by atoms with Crippen LogP contribution >= 0.6 is 0 Å². The number of hydrogen-bond acceptors (Lipinski definition) is 4. The Bertz CT molecular complexity index is 242. The lowest BCUT2D eigenvalue weighted by Crippen LogP contribution is -2.52. The summed E-state index contributed by atoms with van der Waals surface area (Å²) in [5, 5.41) is 21.9. The predicted molar refractivity (Wildman–Crippen MR) is 59.3 cm³/mol. The zero-order chi connectivity index (χ0) is 12.2. The number of rotatable bonds is 7. The topological polar surface area (TPSA) is 78.8 Å². The molecule has 0 aromatic carbocycles. The van der Waals surface area contributed by atoms with Gasteiger partial charge in [-0.05, 0) is 19.8 Å². The molecule has 0 spiro atoms. The smallest absolute Gasteiger partial charge is 0.308 e. The van der Waals surface area contributed by atoms with Crippen LogP contribution in [0.25, 0.3) is 0 Å². The summed E-state index contributed by atoms with van der Waals surface area (Å²) in [7, 11) is 1.59. The van der Waals surface area contributed by atoms with Crippen LogP contribution in [0.1, 0.15) is 26.2 Å². The summed E-state index contributed by atoms with van der Waals surface area (Å²) in [6.07, 6.45) is 2.14. The molecule has 0 aliphatic heterocycles. The second-order valence-corrected chi connectivity index (χ2v) is 4.75. The van der Waals surface area contributed by atoms with E-state index in [9.17, 15) is 9.90 Å². The van der Waals surface area contributed by atoms with Crippen molar-refractivity contribution in [3.63, 3.8) is 0 Å². The maximum atomic E-state index is 10.8. The van der Waals surface area contributed by atoms with Crippen molar-refractivity contribution in [2.45, 2.75) is 37.8 Å². The summed E-state index contributed by atoms with van der Waals surface area (Å²) in [6.45, 7) is 2.64. The van der Waals surface area contributed by atoms with E-state index in [1.54, 1.807) is 14.0 Å². The van der Waals surface area contributed by atoms with Crippen LogP contribution in [0, 0.1) is 5.92 Å². The summed E-state index contributed by atoms with van der Waals surface area (Å²) < 4.78 is 4.90. The first-order valence-electron chi connectivity index (χ1n) is 5.64. The van der Waals surface area contributed by atoms with Gasteiger partial charge in [-0.1, -0.05) is 0 Å². The number of methoxy groups -OCH3 is 1. The Morgan fingerprint density at radius 3 is 2.69 bits per heavy atom. The predicted octanol–water partition coefficient (Wildman–Crippen LogP) is 0.227. The molecule has 1 fully saturated rings. The first-order valence-corrected chi connectivity index (χ1v) is 5.64. The molecule has 0 aromatic rings. The molecule has 3 unspecified atom stereocenters. The van der Waals surface area contributed by atoms with E-state index < -0.39 is 11.6 Å². The third-order valence-corrected chi connectivity index (χ3v) is 3.18. The summed E-state index contributed by atoms with van der Waals surface area (Å²) in [5.74, 6) is -1.04. The van der Waals surface area contributed by atoms with Crippen molar-refractivity contribution in [1.82, 2.24) is 5.32 Å². The maximum absolute atomic E-state index is 10.8. The molecule has 94 valence electrons. The number of carbonyl (C=O) groups is 1. The number of carboxylic acids is 1. The Labute approximate surface area is 95.8 Å². The summed E-state index contributed by atoms with van der Waals surface area (Å²) in [6, 6.07) is 0.00604. The van der Waals surface area contributed by atoms with Crippen molar-refractivity contribution in [2.75, 3.05) is 20.3 Å². The Morgan fingerprint density at radius 2 is 2.25 bits per heavy atom. The van der Waals surface area contributed by atoms with Crippen molar-refractivity contribution >= 4 is 5.97 Å². The van der Waals surface area contributed by atoms with E-state index in [0.29, 0.717) is 19.6 Å². The van der Waals surface area contributed by atoms with Crippen molar-refractivity contribution in [1.29, 1.82) is 0 Å². The molecule has 0 amide bonds. The number of hydrogen-bond donors (Lipinski definition) is 3. The van der Waals surface area contributed by atoms with Gasteiger partial charge in [0, 0.05) is 32.7 Å². The molecule has 0 bridgehead atoms. The molecule has 5 nitrogen and oxygen atoms in total. The zero-order valence-electron chi connectivity index (χ0n) is 9.90. The largest absolute Gasteiger partial charge is 0.481 e. The van der Waals surface area contributed by atoms with Crippen LogP contribution in [-0.2, 0) is 9.53 Å². The van der Waals surface area contributed by atoms with Gasteiger partial charge in [-0.2, -0.15) is 0 Å². The molecular weight excluding hydrogens is 210 g/mol. The normalized spacial score (nSPS) is 28.2. The minimum Gasteiger partial charge on any atom is -0.481 e. The highest BCUT2D eigenvalue weighted by Crippen LogP contribution is 2.27. The highest BCUT2D eigenvalue weighted by atomic mass is 16.5. The van der Waals surface area contributed by atoms with Gasteiger partial charge in [-0.3, -0.25) is 4.79 Å². The molecule has 3 atom stereocenters. The molecule has 1 aliphatic carbocycles. The van der Waals surface area contributed by atoms with Crippen LogP contribution in [-0.4, -0.2) is 48.1 Å². The van der Waals surface area contributed by atoms with Crippen molar-refractivity contribution in [3.8, 4) is 0 Å². The van der Waals surface area contributed by atoms with Gasteiger partial charge < -0.3 is 20.3 Å². The third-order valence-electron chi connectivity index (χ3n) is 3.18. The second kappa shape index (κ2) is 5.61. The number of ether oxygens (including phenoxy) is 1. The molecule has 0 aromatic heterocycles. The van der Waals surface area contributed by atoms with Crippen molar-refractivity contribution in [3.05, 3.63) is 0 Å². The lowest BCUT2D eigenvalue weighted by molar-refractivity contribution is -0.146. The van der Waals surface area contributed by atoms with Gasteiger partial charge in [-0.15, -0.1) is 0 Å². The van der Waals surface area contributed by atoms with E-state index in [2.05, 4.69) is 5.32 Å². The Balaban J connectivity index is 2.26. The van der Waals surface area contributed by atoms with Gasteiger partial charge in [0.1, 0.15) is 0 Å². The third kappa shape index (κ3) is 3.73. The van der Waals surface area contributed by atoms with Gasteiger partial charge in [-0.25, -0.2) is 0 Å². The van der Waals surface area contributed by atoms with Gasteiger partial charge >= 0.3 is 5.97 Å². The maximum Gasteiger partial charge on any atom is 0.308 e. The molecule has 0 saturated heterocycles. The number of aliphatic carboxylic acids is 1. The molecule has 1 rings (SSSR count). The molecule has 3 N–H and O–H groups in total. The monoisotopic (exact) mass is 231 g/mol. The Kier molecular flexibility index (Phi) is 4.70. The second-order valence-electron chi connectivity index (χ2n) is 4.75. The van der Waals surface area contributed by atoms with E-state index in [1.165, 1.54) is 0 Å². The van der Waals surface area contributed by atoms with Crippen LogP contribution in [0.15, 0.2) is 0 Å². The van der Waals surface area contributed by atoms with Gasteiger partial charge in [0.2, 0.25) is 0 Å². The minimum atomic E-state index is -0.839. The lowest BCUT2D eigenvalue weighted by atomic mass is 9.79. The summed E-state index contributed by atoms with van der Waals surface area (Å²) in [4.78, 5) is 10.8. The Hall–Kier alpha value is -0.650. The van der Waals surface area contributed by atoms with Gasteiger partial charge in [0.05, 0.1) is 11.5 Å². The van der Waals surface area contributed by atoms with E-state index >= 15 is 0 Å². The molecule has 1 saturated carbocycles. The fourth-order valence-electron chi connectivity index (χ4n) is 1.80. The van der Waals surface area contributed by atoms with Crippen LogP contribution in [0.3, 0.4) is 0 Å². The highest BCUT2D eigenvalue weighted by molar-refractivity contribution is 5.72. The molecule has 16 heavy (non-hydrogen) atoms. The first-order chi connectivity index (χ1) is 7.46. The fraction of sp³-hybridized carbons (Fsp3) is 0.909. The van der Waals surface area contributed by atoms with Crippen LogP contribution in [0.5, 0.6) is 0 Å². The number of nitrogens with one attached hydrogen (secondary N) is 1. The standard InChI is InChI=1S/C11H21NO4/c1-11(15,5-6-16-2)7-12-9-4-3-8(9)10(13)14/h8-9,12,15H,3-7H2,1-2H3,(H,13,14). The van der Waals surface area contributed by atoms with E-state index in [-0.39, 0.29) is 12.0 Å². The lowest BCUT2D eigenvalue weighted by Gasteiger charge is -2.36. The first kappa shape index (κ1) is 13.4. The molecule has 5 heteroatoms. The van der Waals surface area contributed by atoms with E-state index in [4.69, 9.17) is 9.84 Å². The van der Waals surface area contributed by atoms with Gasteiger partial charge in [0.15, 0.2) is 0 Å². The Morgan fingerprint density at radius 1 is 1.56 bits per heavy atom. The molecule has 1 aliphatic rings. The number of carboxylic acid groups (broad SMARTS) is 1. The number of aliphatic hydroxyl groups is 1. The quantitative estimate of drug-likeness (QED) is 0.584.